The molecule has 0 atom stereocenters. The van der Waals surface area contributed by atoms with Gasteiger partial charge in [0.25, 0.3) is 0 Å². The van der Waals surface area contributed by atoms with Crippen molar-refractivity contribution in [2.75, 3.05) is 0 Å². The van der Waals surface area contributed by atoms with Crippen molar-refractivity contribution in [1.29, 1.82) is 10.5 Å². The fourth-order valence-corrected chi connectivity index (χ4v) is 6.76. The van der Waals surface area contributed by atoms with Gasteiger partial charge in [0, 0.05) is 10.7 Å². The van der Waals surface area contributed by atoms with E-state index in [1.807, 2.05) is 48.5 Å². The third kappa shape index (κ3) is 4.50. The van der Waals surface area contributed by atoms with Gasteiger partial charge in [0.1, 0.15) is 0 Å². The molecule has 0 saturated carbocycles. The van der Waals surface area contributed by atoms with E-state index in [0.29, 0.717) is 21.8 Å². The smallest absolute Gasteiger partial charge is 0.0991 e. The summed E-state index contributed by atoms with van der Waals surface area (Å²) in [5.74, 6) is 0. The van der Waals surface area contributed by atoms with E-state index in [9.17, 15) is 10.5 Å². The van der Waals surface area contributed by atoms with E-state index in [1.54, 1.807) is 0 Å². The predicted molar refractivity (Wildman–Crippen MR) is 172 cm³/mol. The van der Waals surface area contributed by atoms with Crippen LogP contribution in [-0.4, -0.2) is 0 Å². The van der Waals surface area contributed by atoms with Crippen LogP contribution in [0.4, 0.5) is 0 Å². The van der Waals surface area contributed by atoms with Crippen LogP contribution in [0.2, 0.25) is 0 Å². The average molecular weight is 642 g/mol. The Hall–Kier alpha value is -4.22. The molecule has 0 amide bonds. The number of nitriles is 2. The largest absolute Gasteiger partial charge is 0.192 e. The molecule has 0 saturated heterocycles. The molecule has 0 fully saturated rings. The molecule has 0 heterocycles. The highest BCUT2D eigenvalue weighted by Gasteiger charge is 2.22. The summed E-state index contributed by atoms with van der Waals surface area (Å²) < 4.78 is 0. The second kappa shape index (κ2) is 11.1. The number of halogens is 2. The van der Waals surface area contributed by atoms with Gasteiger partial charge in [-0.3, -0.25) is 0 Å². The fraction of sp³-hybridized carbons (Fsp3) is 0.0556. The highest BCUT2D eigenvalue weighted by molar-refractivity contribution is 9.08. The van der Waals surface area contributed by atoms with E-state index in [1.165, 1.54) is 33.0 Å². The van der Waals surface area contributed by atoms with Crippen LogP contribution in [-0.2, 0) is 10.7 Å². The number of fused-ring (bicyclic) bond motifs is 2. The van der Waals surface area contributed by atoms with Crippen LogP contribution >= 0.6 is 31.9 Å². The lowest BCUT2D eigenvalue weighted by Crippen LogP contribution is -2.00. The molecule has 0 bridgehead atoms. The number of rotatable bonds is 5. The number of hydrogen-bond acceptors (Lipinski definition) is 2. The van der Waals surface area contributed by atoms with Crippen molar-refractivity contribution in [3.05, 3.63) is 131 Å². The molecule has 4 heteroatoms. The molecule has 6 aromatic carbocycles. The third-order valence-electron chi connectivity index (χ3n) is 7.48. The lowest BCUT2D eigenvalue weighted by atomic mass is 9.82. The summed E-state index contributed by atoms with van der Waals surface area (Å²) in [6, 6.07) is 41.8. The predicted octanol–water partition coefficient (Wildman–Crippen LogP) is 10.5. The maximum atomic E-state index is 9.36. The Labute approximate surface area is 250 Å². The Kier molecular flexibility index (Phi) is 7.23. The normalized spacial score (nSPS) is 10.9. The van der Waals surface area contributed by atoms with Gasteiger partial charge >= 0.3 is 0 Å². The van der Waals surface area contributed by atoms with Crippen LogP contribution in [0.25, 0.3) is 54.9 Å². The van der Waals surface area contributed by atoms with Crippen molar-refractivity contribution < 1.29 is 0 Å². The first-order valence-corrected chi connectivity index (χ1v) is 15.1. The molecule has 0 aliphatic rings. The van der Waals surface area contributed by atoms with Crippen molar-refractivity contribution in [2.24, 2.45) is 0 Å². The van der Waals surface area contributed by atoms with Gasteiger partial charge < -0.3 is 0 Å². The molecule has 0 aliphatic carbocycles. The minimum atomic E-state index is 0.646. The van der Waals surface area contributed by atoms with Crippen molar-refractivity contribution in [1.82, 2.24) is 0 Å². The van der Waals surface area contributed by atoms with Crippen LogP contribution < -0.4 is 0 Å². The van der Waals surface area contributed by atoms with E-state index < -0.39 is 0 Å². The lowest BCUT2D eigenvalue weighted by Gasteiger charge is -2.23. The molecule has 190 valence electrons. The summed E-state index contributed by atoms with van der Waals surface area (Å²) in [5, 5.41) is 24.8. The van der Waals surface area contributed by atoms with E-state index in [2.05, 4.69) is 105 Å². The summed E-state index contributed by atoms with van der Waals surface area (Å²) in [6.45, 7) is 0. The van der Waals surface area contributed by atoms with Gasteiger partial charge in [-0.15, -0.1) is 0 Å². The van der Waals surface area contributed by atoms with E-state index >= 15 is 0 Å². The van der Waals surface area contributed by atoms with Crippen molar-refractivity contribution in [3.8, 4) is 45.5 Å². The third-order valence-corrected chi connectivity index (χ3v) is 8.60. The molecule has 0 spiro atoms. The zero-order valence-electron chi connectivity index (χ0n) is 21.5. The quantitative estimate of drug-likeness (QED) is 0.176. The standard InChI is InChI=1S/C36H22Br2N2/c37-19-33-31(25-13-9-23(21-39)10-14-25)17-27-5-1-3-7-29(27)35(33)36-30-8-4-2-6-28(30)18-32(34(36)20-38)26-15-11-24(22-40)12-16-26/h1-18H,19-20H2. The maximum Gasteiger partial charge on any atom is 0.0991 e. The summed E-state index contributed by atoms with van der Waals surface area (Å²) in [6.07, 6.45) is 0. The summed E-state index contributed by atoms with van der Waals surface area (Å²) in [4.78, 5) is 0. The van der Waals surface area contributed by atoms with Crippen molar-refractivity contribution in [3.63, 3.8) is 0 Å². The second-order valence-corrected chi connectivity index (χ2v) is 10.8. The lowest BCUT2D eigenvalue weighted by molar-refractivity contribution is 1.40. The molecular formula is C36H22Br2N2. The van der Waals surface area contributed by atoms with Crippen molar-refractivity contribution >= 4 is 53.4 Å². The first-order chi connectivity index (χ1) is 19.7. The van der Waals surface area contributed by atoms with Crippen LogP contribution in [0.1, 0.15) is 22.3 Å². The Balaban J connectivity index is 1.76. The summed E-state index contributed by atoms with van der Waals surface area (Å²) >= 11 is 7.73. The average Bonchev–Trinajstić information content (AvgIpc) is 3.03. The van der Waals surface area contributed by atoms with Crippen LogP contribution in [0.3, 0.4) is 0 Å². The summed E-state index contributed by atoms with van der Waals surface area (Å²) in [7, 11) is 0. The van der Waals surface area contributed by atoms with Gasteiger partial charge in [0.05, 0.1) is 23.3 Å². The minimum absolute atomic E-state index is 0.646. The SMILES string of the molecule is N#Cc1ccc(-c2cc3ccccc3c(-c3c(CBr)c(-c4ccc(C#N)cc4)cc4ccccc34)c2CBr)cc1. The topological polar surface area (TPSA) is 47.6 Å². The van der Waals surface area contributed by atoms with Gasteiger partial charge in [-0.2, -0.15) is 10.5 Å². The minimum Gasteiger partial charge on any atom is -0.192 e. The maximum absolute atomic E-state index is 9.36. The first kappa shape index (κ1) is 26.0. The zero-order valence-corrected chi connectivity index (χ0v) is 24.6. The van der Waals surface area contributed by atoms with Crippen LogP contribution in [0.15, 0.2) is 109 Å². The molecule has 6 aromatic rings. The number of nitrogens with zero attached hydrogens (tertiary/aromatic N) is 2. The molecular weight excluding hydrogens is 620 g/mol. The van der Waals surface area contributed by atoms with E-state index in [4.69, 9.17) is 0 Å². The first-order valence-electron chi connectivity index (χ1n) is 12.9. The Morgan fingerprint density at radius 2 is 0.875 bits per heavy atom. The number of alkyl halides is 2. The van der Waals surface area contributed by atoms with Crippen LogP contribution in [0.5, 0.6) is 0 Å². The van der Waals surface area contributed by atoms with Crippen LogP contribution in [0, 0.1) is 22.7 Å². The monoisotopic (exact) mass is 640 g/mol. The van der Waals surface area contributed by atoms with Gasteiger partial charge in [-0.05, 0) is 102 Å². The van der Waals surface area contributed by atoms with Gasteiger partial charge in [0.2, 0.25) is 0 Å². The molecule has 6 rings (SSSR count). The van der Waals surface area contributed by atoms with E-state index in [0.717, 1.165) is 33.0 Å². The Bertz CT molecular complexity index is 1830. The molecule has 0 N–H and O–H groups in total. The second-order valence-electron chi connectivity index (χ2n) is 9.64. The highest BCUT2D eigenvalue weighted by atomic mass is 79.9. The molecule has 2 nitrogen and oxygen atoms in total. The number of hydrogen-bond donors (Lipinski definition) is 0. The number of benzene rings is 6. The Morgan fingerprint density at radius 3 is 1.23 bits per heavy atom. The fourth-order valence-electron chi connectivity index (χ4n) is 5.59. The summed E-state index contributed by atoms with van der Waals surface area (Å²) in [5.41, 5.74) is 10.5. The van der Waals surface area contributed by atoms with E-state index in [-0.39, 0.29) is 0 Å². The molecule has 0 aliphatic heterocycles. The zero-order chi connectivity index (χ0) is 27.6. The molecule has 0 unspecified atom stereocenters. The highest BCUT2D eigenvalue weighted by Crippen LogP contribution is 2.47. The van der Waals surface area contributed by atoms with Gasteiger partial charge in [-0.1, -0.05) is 105 Å². The molecule has 0 radical (unpaired) electrons. The van der Waals surface area contributed by atoms with Gasteiger partial charge in [-0.25, -0.2) is 0 Å². The Morgan fingerprint density at radius 1 is 0.500 bits per heavy atom. The van der Waals surface area contributed by atoms with Gasteiger partial charge in [0.15, 0.2) is 0 Å². The molecule has 0 aromatic heterocycles. The molecule has 40 heavy (non-hydrogen) atoms. The van der Waals surface area contributed by atoms with Crippen molar-refractivity contribution in [2.45, 2.75) is 10.7 Å².